The maximum Gasteiger partial charge on any atom is 0.500 e. The highest BCUT2D eigenvalue weighted by molar-refractivity contribution is 6.60. The zero-order valence-electron chi connectivity index (χ0n) is 23.5. The molecule has 0 aromatic rings. The summed E-state index contributed by atoms with van der Waals surface area (Å²) in [7, 11) is -2.59. The fourth-order valence-corrected chi connectivity index (χ4v) is 5.89. The molecule has 0 heterocycles. The Morgan fingerprint density at radius 3 is 1.31 bits per heavy atom. The molecule has 218 valence electrons. The summed E-state index contributed by atoms with van der Waals surface area (Å²) in [6.45, 7) is 16.6. The van der Waals surface area contributed by atoms with Gasteiger partial charge in [-0.2, -0.15) is 0 Å². The van der Waals surface area contributed by atoms with Crippen molar-refractivity contribution in [2.45, 2.75) is 65.5 Å². The van der Waals surface area contributed by atoms with E-state index in [0.717, 1.165) is 38.3 Å². The molecule has 0 aliphatic carbocycles. The van der Waals surface area contributed by atoms with Gasteiger partial charge in [-0.1, -0.05) is 13.3 Å². The second-order valence-corrected chi connectivity index (χ2v) is 10.9. The van der Waals surface area contributed by atoms with Crippen molar-refractivity contribution in [1.29, 1.82) is 0 Å². The van der Waals surface area contributed by atoms with Gasteiger partial charge >= 0.3 is 8.80 Å². The van der Waals surface area contributed by atoms with Gasteiger partial charge in [-0.05, 0) is 40.0 Å². The van der Waals surface area contributed by atoms with Crippen LogP contribution in [-0.4, -0.2) is 114 Å². The van der Waals surface area contributed by atoms with Crippen LogP contribution in [0.5, 0.6) is 0 Å². The van der Waals surface area contributed by atoms with Gasteiger partial charge in [0.1, 0.15) is 0 Å². The standard InChI is InChI=1S/C25H55NO9Si/c1-5-9-12-27-13-14-28-15-16-29-17-18-30-19-20-31-21-22-32-24-25(26)11-10-23-36(33-6-2,34-7-3)35-8-4/h25H,5-24,26H2,1-4H3. The molecule has 11 heteroatoms. The molecule has 0 rings (SSSR count). The quantitative estimate of drug-likeness (QED) is 0.108. The zero-order chi connectivity index (χ0) is 26.6. The number of rotatable bonds is 30. The highest BCUT2D eigenvalue weighted by Gasteiger charge is 2.39. The minimum Gasteiger partial charge on any atom is -0.379 e. The van der Waals surface area contributed by atoms with E-state index in [2.05, 4.69) is 6.92 Å². The lowest BCUT2D eigenvalue weighted by Crippen LogP contribution is -2.46. The van der Waals surface area contributed by atoms with Crippen LogP contribution in [0, 0.1) is 0 Å². The molecule has 0 amide bonds. The number of unbranched alkanes of at least 4 members (excludes halogenated alkanes) is 1. The van der Waals surface area contributed by atoms with E-state index in [-0.39, 0.29) is 6.04 Å². The van der Waals surface area contributed by atoms with Gasteiger partial charge in [-0.25, -0.2) is 0 Å². The summed E-state index contributed by atoms with van der Waals surface area (Å²) in [5.41, 5.74) is 6.18. The monoisotopic (exact) mass is 541 g/mol. The lowest BCUT2D eigenvalue weighted by atomic mass is 10.2. The molecular weight excluding hydrogens is 486 g/mol. The Labute approximate surface area is 221 Å². The third kappa shape index (κ3) is 23.0. The first kappa shape index (κ1) is 35.8. The van der Waals surface area contributed by atoms with E-state index >= 15 is 0 Å². The summed E-state index contributed by atoms with van der Waals surface area (Å²) >= 11 is 0. The summed E-state index contributed by atoms with van der Waals surface area (Å²) in [6.07, 6.45) is 3.96. The van der Waals surface area contributed by atoms with Crippen molar-refractivity contribution in [2.24, 2.45) is 5.73 Å². The van der Waals surface area contributed by atoms with Crippen molar-refractivity contribution in [1.82, 2.24) is 0 Å². The van der Waals surface area contributed by atoms with Crippen LogP contribution in [0.4, 0.5) is 0 Å². The van der Waals surface area contributed by atoms with Crippen LogP contribution in [0.15, 0.2) is 0 Å². The highest BCUT2D eigenvalue weighted by Crippen LogP contribution is 2.19. The molecule has 0 spiro atoms. The summed E-state index contributed by atoms with van der Waals surface area (Å²) in [6, 6.07) is 0.738. The average Bonchev–Trinajstić information content (AvgIpc) is 2.86. The average molecular weight is 542 g/mol. The number of hydrogen-bond donors (Lipinski definition) is 1. The van der Waals surface area contributed by atoms with Crippen molar-refractivity contribution in [2.75, 3.05) is 99.1 Å². The summed E-state index contributed by atoms with van der Waals surface area (Å²) < 4.78 is 50.6. The molecule has 0 aromatic heterocycles. The molecule has 36 heavy (non-hydrogen) atoms. The van der Waals surface area contributed by atoms with E-state index in [1.54, 1.807) is 0 Å². The van der Waals surface area contributed by atoms with E-state index < -0.39 is 8.80 Å². The Morgan fingerprint density at radius 2 is 0.917 bits per heavy atom. The second kappa shape index (κ2) is 27.8. The molecule has 0 bridgehead atoms. The molecular formula is C25H55NO9Si. The van der Waals surface area contributed by atoms with Crippen LogP contribution in [-0.2, 0) is 41.7 Å². The van der Waals surface area contributed by atoms with Crippen LogP contribution in [0.25, 0.3) is 0 Å². The molecule has 0 aliphatic heterocycles. The van der Waals surface area contributed by atoms with Crippen molar-refractivity contribution in [3.05, 3.63) is 0 Å². The summed E-state index contributed by atoms with van der Waals surface area (Å²) in [4.78, 5) is 0. The number of ether oxygens (including phenoxy) is 6. The molecule has 0 aromatic carbocycles. The smallest absolute Gasteiger partial charge is 0.379 e. The van der Waals surface area contributed by atoms with E-state index in [9.17, 15) is 0 Å². The maximum absolute atomic E-state index is 6.18. The molecule has 1 atom stereocenters. The van der Waals surface area contributed by atoms with Gasteiger partial charge in [-0.3, -0.25) is 0 Å². The lowest BCUT2D eigenvalue weighted by Gasteiger charge is -2.28. The van der Waals surface area contributed by atoms with Crippen LogP contribution < -0.4 is 5.73 Å². The molecule has 0 saturated heterocycles. The Balaban J connectivity index is 3.45. The largest absolute Gasteiger partial charge is 0.500 e. The van der Waals surface area contributed by atoms with E-state index in [0.29, 0.717) is 92.5 Å². The van der Waals surface area contributed by atoms with E-state index in [4.69, 9.17) is 47.4 Å². The maximum atomic E-state index is 6.18. The Hall–Kier alpha value is -0.183. The Bertz CT molecular complexity index is 421. The second-order valence-electron chi connectivity index (χ2n) is 8.12. The van der Waals surface area contributed by atoms with Crippen LogP contribution in [0.2, 0.25) is 6.04 Å². The molecule has 0 aliphatic rings. The van der Waals surface area contributed by atoms with Crippen molar-refractivity contribution in [3.8, 4) is 0 Å². The van der Waals surface area contributed by atoms with Gasteiger partial charge in [-0.15, -0.1) is 0 Å². The van der Waals surface area contributed by atoms with Gasteiger partial charge in [0.15, 0.2) is 0 Å². The molecule has 0 fully saturated rings. The third-order valence-corrected chi connectivity index (χ3v) is 8.14. The lowest BCUT2D eigenvalue weighted by molar-refractivity contribution is -0.0174. The third-order valence-electron chi connectivity index (χ3n) is 4.98. The predicted octanol–water partition coefficient (Wildman–Crippen LogP) is 3.04. The summed E-state index contributed by atoms with van der Waals surface area (Å²) in [5.74, 6) is 0. The molecule has 1 unspecified atom stereocenters. The zero-order valence-corrected chi connectivity index (χ0v) is 24.5. The Kier molecular flexibility index (Phi) is 27.7. The van der Waals surface area contributed by atoms with Crippen molar-refractivity contribution in [3.63, 3.8) is 0 Å². The van der Waals surface area contributed by atoms with Crippen molar-refractivity contribution >= 4 is 8.80 Å². The SMILES string of the molecule is CCCCOCCOCCOCCOCCOCCOCC(N)CCC[Si](OCC)(OCC)OCC. The van der Waals surface area contributed by atoms with Gasteiger partial charge < -0.3 is 47.4 Å². The van der Waals surface area contributed by atoms with Crippen LogP contribution in [0.1, 0.15) is 53.4 Å². The first-order valence-corrected chi connectivity index (χ1v) is 15.7. The first-order chi connectivity index (χ1) is 17.6. The van der Waals surface area contributed by atoms with Gasteiger partial charge in [0.2, 0.25) is 0 Å². The van der Waals surface area contributed by atoms with Gasteiger partial charge in [0.25, 0.3) is 0 Å². The van der Waals surface area contributed by atoms with Crippen LogP contribution in [0.3, 0.4) is 0 Å². The first-order valence-electron chi connectivity index (χ1n) is 13.8. The minimum absolute atomic E-state index is 0.0329. The molecule has 2 N–H and O–H groups in total. The molecule has 0 radical (unpaired) electrons. The van der Waals surface area contributed by atoms with Gasteiger partial charge in [0.05, 0.1) is 72.7 Å². The summed E-state index contributed by atoms with van der Waals surface area (Å²) in [5, 5.41) is 0. The Morgan fingerprint density at radius 1 is 0.528 bits per heavy atom. The van der Waals surface area contributed by atoms with E-state index in [1.807, 2.05) is 20.8 Å². The normalized spacial score (nSPS) is 12.9. The van der Waals surface area contributed by atoms with Crippen molar-refractivity contribution < 1.29 is 41.7 Å². The topological polar surface area (TPSA) is 109 Å². The number of nitrogens with two attached hydrogens (primary N) is 1. The minimum atomic E-state index is -2.59. The highest BCUT2D eigenvalue weighted by atomic mass is 28.4. The fraction of sp³-hybridized carbons (Fsp3) is 1.00. The van der Waals surface area contributed by atoms with Gasteiger partial charge in [0, 0.05) is 38.5 Å². The predicted molar refractivity (Wildman–Crippen MR) is 142 cm³/mol. The molecule has 0 saturated carbocycles. The molecule has 10 nitrogen and oxygen atoms in total. The fourth-order valence-electron chi connectivity index (χ4n) is 3.25. The van der Waals surface area contributed by atoms with Crippen LogP contribution >= 0.6 is 0 Å². The van der Waals surface area contributed by atoms with E-state index in [1.165, 1.54) is 0 Å². The number of hydrogen-bond acceptors (Lipinski definition) is 10.